The normalized spacial score (nSPS) is 32.4. The highest BCUT2D eigenvalue weighted by Gasteiger charge is 2.43. The molecule has 3 aliphatic rings. The highest BCUT2D eigenvalue weighted by molar-refractivity contribution is 7.99. The average Bonchev–Trinajstić information content (AvgIpc) is 3.18. The predicted molar refractivity (Wildman–Crippen MR) is 82.8 cm³/mol. The number of hydrogen-bond acceptors (Lipinski definition) is 3. The first-order valence-corrected chi connectivity index (χ1v) is 9.37. The third-order valence-electron chi connectivity index (χ3n) is 5.40. The average molecular weight is 283 g/mol. The molecule has 2 nitrogen and oxygen atoms in total. The second kappa shape index (κ2) is 5.95. The van der Waals surface area contributed by atoms with Crippen LogP contribution in [0, 0.1) is 5.41 Å². The topological polar surface area (TPSA) is 21.3 Å². The van der Waals surface area contributed by atoms with E-state index < -0.39 is 0 Å². The Labute approximate surface area is 122 Å². The molecule has 19 heavy (non-hydrogen) atoms. The van der Waals surface area contributed by atoms with E-state index in [-0.39, 0.29) is 5.60 Å². The molecule has 1 atom stereocenters. The maximum Gasteiger partial charge on any atom is 0.0713 e. The Morgan fingerprint density at radius 2 is 2.00 bits per heavy atom. The molecule has 1 saturated carbocycles. The minimum atomic E-state index is 0.239. The van der Waals surface area contributed by atoms with Crippen molar-refractivity contribution in [3.8, 4) is 0 Å². The Balaban J connectivity index is 1.48. The van der Waals surface area contributed by atoms with Gasteiger partial charge in [0.05, 0.1) is 5.60 Å². The zero-order valence-electron chi connectivity index (χ0n) is 12.4. The van der Waals surface area contributed by atoms with Crippen molar-refractivity contribution in [3.05, 3.63) is 0 Å². The largest absolute Gasteiger partial charge is 0.375 e. The van der Waals surface area contributed by atoms with Crippen molar-refractivity contribution >= 4 is 11.8 Å². The standard InChI is InChI=1S/C16H29NOS/c1-2-4-15(5-6-15)13-17-14-3-9-18-16(12-14)7-10-19-11-8-16/h14,17H,2-13H2,1H3. The minimum Gasteiger partial charge on any atom is -0.375 e. The molecule has 1 unspecified atom stereocenters. The van der Waals surface area contributed by atoms with E-state index in [1.54, 1.807) is 0 Å². The summed E-state index contributed by atoms with van der Waals surface area (Å²) in [4.78, 5) is 0. The summed E-state index contributed by atoms with van der Waals surface area (Å²) in [6.45, 7) is 4.56. The molecule has 2 heterocycles. The van der Waals surface area contributed by atoms with Gasteiger partial charge in [-0.2, -0.15) is 11.8 Å². The number of thioether (sulfide) groups is 1. The molecule has 110 valence electrons. The Morgan fingerprint density at radius 3 is 2.68 bits per heavy atom. The molecule has 1 aliphatic carbocycles. The van der Waals surface area contributed by atoms with Gasteiger partial charge in [0.15, 0.2) is 0 Å². The first-order chi connectivity index (χ1) is 9.26. The first-order valence-electron chi connectivity index (χ1n) is 8.21. The zero-order chi connectivity index (χ0) is 13.2. The van der Waals surface area contributed by atoms with E-state index in [2.05, 4.69) is 24.0 Å². The molecule has 0 bridgehead atoms. The fourth-order valence-corrected chi connectivity index (χ4v) is 5.11. The van der Waals surface area contributed by atoms with Gasteiger partial charge in [-0.25, -0.2) is 0 Å². The van der Waals surface area contributed by atoms with E-state index in [4.69, 9.17) is 4.74 Å². The highest BCUT2D eigenvalue weighted by Crippen LogP contribution is 2.49. The van der Waals surface area contributed by atoms with Crippen molar-refractivity contribution in [2.75, 3.05) is 24.7 Å². The van der Waals surface area contributed by atoms with Crippen LogP contribution in [-0.4, -0.2) is 36.3 Å². The molecule has 2 aliphatic heterocycles. The van der Waals surface area contributed by atoms with Gasteiger partial charge < -0.3 is 10.1 Å². The predicted octanol–water partition coefficient (Wildman–Crippen LogP) is 3.60. The van der Waals surface area contributed by atoms with E-state index in [9.17, 15) is 0 Å². The molecule has 0 aromatic carbocycles. The molecular formula is C16H29NOS. The van der Waals surface area contributed by atoms with Gasteiger partial charge in [-0.05, 0) is 61.9 Å². The van der Waals surface area contributed by atoms with Gasteiger partial charge in [-0.15, -0.1) is 0 Å². The fourth-order valence-electron chi connectivity index (χ4n) is 3.88. The van der Waals surface area contributed by atoms with E-state index in [0.29, 0.717) is 11.5 Å². The van der Waals surface area contributed by atoms with Crippen LogP contribution >= 0.6 is 11.8 Å². The van der Waals surface area contributed by atoms with Gasteiger partial charge in [0.25, 0.3) is 0 Å². The summed E-state index contributed by atoms with van der Waals surface area (Å²) in [5, 5.41) is 3.89. The fraction of sp³-hybridized carbons (Fsp3) is 1.00. The van der Waals surface area contributed by atoms with Crippen molar-refractivity contribution in [2.24, 2.45) is 5.41 Å². The van der Waals surface area contributed by atoms with Gasteiger partial charge in [0.1, 0.15) is 0 Å². The number of hydrogen-bond donors (Lipinski definition) is 1. The smallest absolute Gasteiger partial charge is 0.0713 e. The minimum absolute atomic E-state index is 0.239. The maximum atomic E-state index is 6.18. The number of ether oxygens (including phenoxy) is 1. The van der Waals surface area contributed by atoms with E-state index in [0.717, 1.165) is 6.61 Å². The highest BCUT2D eigenvalue weighted by atomic mass is 32.2. The van der Waals surface area contributed by atoms with Gasteiger partial charge in [0, 0.05) is 19.2 Å². The van der Waals surface area contributed by atoms with Gasteiger partial charge >= 0.3 is 0 Å². The lowest BCUT2D eigenvalue weighted by Gasteiger charge is -2.43. The lowest BCUT2D eigenvalue weighted by atomic mass is 9.85. The molecule has 2 saturated heterocycles. The Bertz CT molecular complexity index is 292. The van der Waals surface area contributed by atoms with Crippen LogP contribution in [0.25, 0.3) is 0 Å². The van der Waals surface area contributed by atoms with E-state index in [1.807, 2.05) is 0 Å². The Hall–Kier alpha value is 0.270. The maximum absolute atomic E-state index is 6.18. The summed E-state index contributed by atoms with van der Waals surface area (Å²) in [7, 11) is 0. The van der Waals surface area contributed by atoms with Crippen LogP contribution in [-0.2, 0) is 4.74 Å². The number of nitrogens with one attached hydrogen (secondary N) is 1. The van der Waals surface area contributed by atoms with Crippen LogP contribution in [0.1, 0.15) is 58.3 Å². The van der Waals surface area contributed by atoms with Gasteiger partial charge in [-0.3, -0.25) is 0 Å². The molecule has 1 N–H and O–H groups in total. The molecule has 0 amide bonds. The van der Waals surface area contributed by atoms with Crippen LogP contribution < -0.4 is 5.32 Å². The van der Waals surface area contributed by atoms with Crippen molar-refractivity contribution in [2.45, 2.75) is 69.9 Å². The third kappa shape index (κ3) is 3.48. The van der Waals surface area contributed by atoms with E-state index >= 15 is 0 Å². The van der Waals surface area contributed by atoms with Crippen molar-refractivity contribution in [1.29, 1.82) is 0 Å². The van der Waals surface area contributed by atoms with Gasteiger partial charge in [-0.1, -0.05) is 13.3 Å². The summed E-state index contributed by atoms with van der Waals surface area (Å²) < 4.78 is 6.18. The molecule has 0 aromatic rings. The molecule has 3 fully saturated rings. The Kier molecular flexibility index (Phi) is 4.45. The van der Waals surface area contributed by atoms with E-state index in [1.165, 1.54) is 69.4 Å². The summed E-state index contributed by atoms with van der Waals surface area (Å²) in [6.07, 6.45) is 10.7. The van der Waals surface area contributed by atoms with Crippen molar-refractivity contribution in [3.63, 3.8) is 0 Å². The Morgan fingerprint density at radius 1 is 1.21 bits per heavy atom. The van der Waals surface area contributed by atoms with Crippen molar-refractivity contribution < 1.29 is 4.74 Å². The summed E-state index contributed by atoms with van der Waals surface area (Å²) in [5.74, 6) is 2.60. The summed E-state index contributed by atoms with van der Waals surface area (Å²) in [5.41, 5.74) is 0.922. The van der Waals surface area contributed by atoms with Crippen molar-refractivity contribution in [1.82, 2.24) is 5.32 Å². The zero-order valence-corrected chi connectivity index (χ0v) is 13.2. The number of rotatable bonds is 5. The molecule has 3 heteroatoms. The summed E-state index contributed by atoms with van der Waals surface area (Å²) >= 11 is 2.10. The van der Waals surface area contributed by atoms with Crippen LogP contribution in [0.5, 0.6) is 0 Å². The monoisotopic (exact) mass is 283 g/mol. The quantitative estimate of drug-likeness (QED) is 0.833. The summed E-state index contributed by atoms with van der Waals surface area (Å²) in [6, 6.07) is 0.714. The van der Waals surface area contributed by atoms with Crippen LogP contribution in [0.3, 0.4) is 0 Å². The second-order valence-electron chi connectivity index (χ2n) is 6.96. The van der Waals surface area contributed by atoms with Crippen LogP contribution in [0.15, 0.2) is 0 Å². The third-order valence-corrected chi connectivity index (χ3v) is 6.39. The van der Waals surface area contributed by atoms with Crippen LogP contribution in [0.4, 0.5) is 0 Å². The molecule has 1 spiro atoms. The molecule has 0 radical (unpaired) electrons. The molecule has 0 aromatic heterocycles. The lowest BCUT2D eigenvalue weighted by Crippen LogP contribution is -2.49. The molecular weight excluding hydrogens is 254 g/mol. The lowest BCUT2D eigenvalue weighted by molar-refractivity contribution is -0.0935. The van der Waals surface area contributed by atoms with Crippen LogP contribution in [0.2, 0.25) is 0 Å². The first kappa shape index (κ1) is 14.2. The second-order valence-corrected chi connectivity index (χ2v) is 8.19. The SMILES string of the molecule is CCCC1(CNC2CCOC3(CCSCC3)C2)CC1. The molecule has 3 rings (SSSR count). The van der Waals surface area contributed by atoms with Gasteiger partial charge in [0.2, 0.25) is 0 Å².